The zero-order chi connectivity index (χ0) is 16.7. The molecule has 0 saturated carbocycles. The van der Waals surface area contributed by atoms with Crippen LogP contribution in [0, 0.1) is 0 Å². The van der Waals surface area contributed by atoms with E-state index >= 15 is 0 Å². The molecule has 23 heavy (non-hydrogen) atoms. The number of methoxy groups -OCH3 is 1. The van der Waals surface area contributed by atoms with Crippen molar-refractivity contribution in [3.05, 3.63) is 46.3 Å². The van der Waals surface area contributed by atoms with E-state index in [0.717, 1.165) is 19.3 Å². The SMILES string of the molecule is CCCCCNC(=O)/C=C/c1coc2cc(OC)ccc2c1=O. The predicted octanol–water partition coefficient (Wildman–Crippen LogP) is 3.12. The van der Waals surface area contributed by atoms with Crippen molar-refractivity contribution in [2.45, 2.75) is 26.2 Å². The van der Waals surface area contributed by atoms with Gasteiger partial charge < -0.3 is 14.5 Å². The highest BCUT2D eigenvalue weighted by Crippen LogP contribution is 2.19. The molecule has 0 spiro atoms. The van der Waals surface area contributed by atoms with E-state index in [1.54, 1.807) is 25.3 Å². The van der Waals surface area contributed by atoms with Crippen LogP contribution in [0.1, 0.15) is 31.7 Å². The summed E-state index contributed by atoms with van der Waals surface area (Å²) in [6, 6.07) is 5.01. The van der Waals surface area contributed by atoms with Gasteiger partial charge >= 0.3 is 0 Å². The molecule has 1 aromatic heterocycles. The van der Waals surface area contributed by atoms with E-state index < -0.39 is 0 Å². The Morgan fingerprint density at radius 1 is 1.35 bits per heavy atom. The van der Waals surface area contributed by atoms with Crippen LogP contribution >= 0.6 is 0 Å². The van der Waals surface area contributed by atoms with Gasteiger partial charge in [0.25, 0.3) is 0 Å². The monoisotopic (exact) mass is 315 g/mol. The molecule has 0 aliphatic heterocycles. The summed E-state index contributed by atoms with van der Waals surface area (Å²) in [6.07, 6.45) is 7.33. The van der Waals surface area contributed by atoms with Crippen LogP contribution in [0.25, 0.3) is 17.0 Å². The van der Waals surface area contributed by atoms with Gasteiger partial charge in [0.1, 0.15) is 17.6 Å². The number of hydrogen-bond donors (Lipinski definition) is 1. The fourth-order valence-corrected chi connectivity index (χ4v) is 2.18. The molecule has 5 nitrogen and oxygen atoms in total. The van der Waals surface area contributed by atoms with Gasteiger partial charge in [-0.1, -0.05) is 19.8 Å². The molecule has 1 aromatic carbocycles. The Morgan fingerprint density at radius 3 is 2.91 bits per heavy atom. The highest BCUT2D eigenvalue weighted by Gasteiger charge is 2.06. The number of rotatable bonds is 7. The summed E-state index contributed by atoms with van der Waals surface area (Å²) in [6.45, 7) is 2.75. The molecule has 1 amide bonds. The third kappa shape index (κ3) is 4.45. The third-order valence-corrected chi connectivity index (χ3v) is 3.50. The smallest absolute Gasteiger partial charge is 0.244 e. The topological polar surface area (TPSA) is 68.5 Å². The van der Waals surface area contributed by atoms with Crippen molar-refractivity contribution in [3.8, 4) is 5.75 Å². The number of fused-ring (bicyclic) bond motifs is 1. The van der Waals surface area contributed by atoms with E-state index in [4.69, 9.17) is 9.15 Å². The largest absolute Gasteiger partial charge is 0.497 e. The molecule has 5 heteroatoms. The van der Waals surface area contributed by atoms with E-state index in [9.17, 15) is 9.59 Å². The average Bonchev–Trinajstić information content (AvgIpc) is 2.57. The van der Waals surface area contributed by atoms with Crippen LogP contribution in [0.5, 0.6) is 5.75 Å². The molecule has 0 saturated heterocycles. The average molecular weight is 315 g/mol. The van der Waals surface area contributed by atoms with Crippen molar-refractivity contribution in [2.24, 2.45) is 0 Å². The molecule has 2 aromatic rings. The van der Waals surface area contributed by atoms with E-state index in [1.807, 2.05) is 0 Å². The first-order chi connectivity index (χ1) is 11.2. The van der Waals surface area contributed by atoms with E-state index in [0.29, 0.717) is 28.8 Å². The lowest BCUT2D eigenvalue weighted by Gasteiger charge is -2.02. The van der Waals surface area contributed by atoms with Crippen LogP contribution in [0.3, 0.4) is 0 Å². The zero-order valence-corrected chi connectivity index (χ0v) is 13.4. The van der Waals surface area contributed by atoms with Crippen LogP contribution in [0.4, 0.5) is 0 Å². The maximum Gasteiger partial charge on any atom is 0.244 e. The summed E-state index contributed by atoms with van der Waals surface area (Å²) in [5.41, 5.74) is 0.617. The lowest BCUT2D eigenvalue weighted by Crippen LogP contribution is -2.22. The minimum Gasteiger partial charge on any atom is -0.497 e. The Balaban J connectivity index is 2.11. The number of amides is 1. The van der Waals surface area contributed by atoms with Crippen LogP contribution < -0.4 is 15.5 Å². The minimum absolute atomic E-state index is 0.177. The second-order valence-electron chi connectivity index (χ2n) is 5.21. The summed E-state index contributed by atoms with van der Waals surface area (Å²) in [5, 5.41) is 3.24. The second-order valence-corrected chi connectivity index (χ2v) is 5.21. The highest BCUT2D eigenvalue weighted by molar-refractivity contribution is 5.92. The maximum absolute atomic E-state index is 12.4. The molecule has 0 atom stereocenters. The number of carbonyl (C=O) groups is 1. The molecule has 0 fully saturated rings. The Kier molecular flexibility index (Phi) is 5.97. The summed E-state index contributed by atoms with van der Waals surface area (Å²) in [7, 11) is 1.55. The number of benzene rings is 1. The first-order valence-corrected chi connectivity index (χ1v) is 7.71. The zero-order valence-electron chi connectivity index (χ0n) is 13.4. The normalized spacial score (nSPS) is 11.0. The summed E-state index contributed by atoms with van der Waals surface area (Å²) < 4.78 is 10.5. The van der Waals surface area contributed by atoms with Crippen LogP contribution in [0.2, 0.25) is 0 Å². The molecule has 0 radical (unpaired) electrons. The molecule has 0 unspecified atom stereocenters. The van der Waals surface area contributed by atoms with E-state index in [-0.39, 0.29) is 11.3 Å². The third-order valence-electron chi connectivity index (χ3n) is 3.50. The van der Waals surface area contributed by atoms with Gasteiger partial charge in [0.2, 0.25) is 5.91 Å². The van der Waals surface area contributed by atoms with Gasteiger partial charge in [-0.15, -0.1) is 0 Å². The second kappa shape index (κ2) is 8.17. The Morgan fingerprint density at radius 2 is 2.17 bits per heavy atom. The fraction of sp³-hybridized carbons (Fsp3) is 0.333. The number of unbranched alkanes of at least 4 members (excludes halogenated alkanes) is 2. The Bertz CT molecular complexity index is 761. The lowest BCUT2D eigenvalue weighted by molar-refractivity contribution is -0.116. The van der Waals surface area contributed by atoms with Crippen molar-refractivity contribution in [1.29, 1.82) is 0 Å². The van der Waals surface area contributed by atoms with Gasteiger partial charge in [-0.25, -0.2) is 0 Å². The molecule has 1 N–H and O–H groups in total. The van der Waals surface area contributed by atoms with Crippen molar-refractivity contribution in [3.63, 3.8) is 0 Å². The lowest BCUT2D eigenvalue weighted by atomic mass is 10.1. The van der Waals surface area contributed by atoms with Gasteiger partial charge in [0.15, 0.2) is 5.43 Å². The molecule has 0 bridgehead atoms. The van der Waals surface area contributed by atoms with Crippen LogP contribution in [-0.4, -0.2) is 19.6 Å². The van der Waals surface area contributed by atoms with Crippen LogP contribution in [0.15, 0.2) is 39.7 Å². The standard InChI is InChI=1S/C18H21NO4/c1-3-4-5-10-19-17(20)9-6-13-12-23-16-11-14(22-2)7-8-15(16)18(13)21/h6-9,11-12H,3-5,10H2,1-2H3,(H,19,20)/b9-6+. The first-order valence-electron chi connectivity index (χ1n) is 7.71. The molecule has 2 rings (SSSR count). The van der Waals surface area contributed by atoms with Gasteiger partial charge in [0, 0.05) is 18.7 Å². The van der Waals surface area contributed by atoms with E-state index in [1.165, 1.54) is 18.4 Å². The quantitative estimate of drug-likeness (QED) is 0.629. The molecule has 0 aliphatic carbocycles. The number of nitrogens with one attached hydrogen (secondary N) is 1. The van der Waals surface area contributed by atoms with Crippen molar-refractivity contribution in [1.82, 2.24) is 5.32 Å². The van der Waals surface area contributed by atoms with Gasteiger partial charge in [0.05, 0.1) is 18.1 Å². The summed E-state index contributed by atoms with van der Waals surface area (Å²) in [4.78, 5) is 24.0. The number of ether oxygens (including phenoxy) is 1. The Hall–Kier alpha value is -2.56. The Labute approximate surface area is 134 Å². The maximum atomic E-state index is 12.4. The molecule has 1 heterocycles. The van der Waals surface area contributed by atoms with E-state index in [2.05, 4.69) is 12.2 Å². The molecule has 0 aliphatic rings. The summed E-state index contributed by atoms with van der Waals surface area (Å²) in [5.74, 6) is 0.408. The molecular formula is C18H21NO4. The van der Waals surface area contributed by atoms with Gasteiger partial charge in [-0.2, -0.15) is 0 Å². The predicted molar refractivity (Wildman–Crippen MR) is 90.6 cm³/mol. The number of carbonyl (C=O) groups excluding carboxylic acids is 1. The number of hydrogen-bond acceptors (Lipinski definition) is 4. The van der Waals surface area contributed by atoms with Crippen molar-refractivity contribution >= 4 is 23.0 Å². The van der Waals surface area contributed by atoms with Crippen molar-refractivity contribution < 1.29 is 13.9 Å². The molecule has 122 valence electrons. The molecular weight excluding hydrogens is 294 g/mol. The van der Waals surface area contributed by atoms with Gasteiger partial charge in [-0.3, -0.25) is 9.59 Å². The van der Waals surface area contributed by atoms with Crippen LogP contribution in [-0.2, 0) is 4.79 Å². The highest BCUT2D eigenvalue weighted by atomic mass is 16.5. The summed E-state index contributed by atoms with van der Waals surface area (Å²) >= 11 is 0. The minimum atomic E-state index is -0.213. The fourth-order valence-electron chi connectivity index (χ4n) is 2.18. The van der Waals surface area contributed by atoms with Crippen molar-refractivity contribution in [2.75, 3.05) is 13.7 Å². The first kappa shape index (κ1) is 16.8. The van der Waals surface area contributed by atoms with Gasteiger partial charge in [-0.05, 0) is 24.6 Å².